The van der Waals surface area contributed by atoms with Crippen molar-refractivity contribution in [2.24, 2.45) is 0 Å². The van der Waals surface area contributed by atoms with Crippen LogP contribution in [0, 0.1) is 0 Å². The van der Waals surface area contributed by atoms with Crippen LogP contribution in [0.25, 0.3) is 11.3 Å². The number of aryl methyl sites for hydroxylation is 1. The maximum Gasteiger partial charge on any atom is 0.119 e. The number of hydrogen-bond donors (Lipinski definition) is 0. The predicted molar refractivity (Wildman–Crippen MR) is 75.2 cm³/mol. The van der Waals surface area contributed by atoms with Gasteiger partial charge in [-0.3, -0.25) is 4.68 Å². The maximum atomic E-state index is 5.21. The molecule has 102 valence electrons. The van der Waals surface area contributed by atoms with Gasteiger partial charge in [-0.15, -0.1) is 5.10 Å². The second kappa shape index (κ2) is 6.33. The first-order valence-electron chi connectivity index (χ1n) is 6.38. The van der Waals surface area contributed by atoms with Gasteiger partial charge in [-0.05, 0) is 39.2 Å². The highest BCUT2D eigenvalue weighted by Gasteiger charge is 2.05. The van der Waals surface area contributed by atoms with E-state index in [4.69, 9.17) is 4.74 Å². The average molecular weight is 260 g/mol. The molecule has 0 aliphatic heterocycles. The maximum absolute atomic E-state index is 5.21. The molecule has 1 aromatic carbocycles. The highest BCUT2D eigenvalue weighted by molar-refractivity contribution is 5.59. The largest absolute Gasteiger partial charge is 0.497 e. The summed E-state index contributed by atoms with van der Waals surface area (Å²) in [6.07, 6.45) is 3.04. The molecular weight excluding hydrogens is 240 g/mol. The zero-order valence-corrected chi connectivity index (χ0v) is 11.7. The third-order valence-electron chi connectivity index (χ3n) is 2.90. The highest BCUT2D eigenvalue weighted by Crippen LogP contribution is 2.21. The minimum Gasteiger partial charge on any atom is -0.497 e. The summed E-state index contributed by atoms with van der Waals surface area (Å²) in [6, 6.07) is 7.86. The van der Waals surface area contributed by atoms with Crippen LogP contribution in [0.4, 0.5) is 0 Å². The quantitative estimate of drug-likeness (QED) is 0.795. The molecule has 0 amide bonds. The van der Waals surface area contributed by atoms with Crippen molar-refractivity contribution in [1.29, 1.82) is 0 Å². The Morgan fingerprint density at radius 2 is 2.16 bits per heavy atom. The highest BCUT2D eigenvalue weighted by atomic mass is 16.5. The lowest BCUT2D eigenvalue weighted by Gasteiger charge is -2.08. The fourth-order valence-corrected chi connectivity index (χ4v) is 1.87. The van der Waals surface area contributed by atoms with Crippen molar-refractivity contribution in [1.82, 2.24) is 19.9 Å². The van der Waals surface area contributed by atoms with Crippen molar-refractivity contribution in [3.8, 4) is 17.0 Å². The van der Waals surface area contributed by atoms with Crippen LogP contribution in [-0.2, 0) is 6.54 Å². The molecule has 0 radical (unpaired) electrons. The first-order chi connectivity index (χ1) is 9.19. The molecule has 0 spiro atoms. The molecule has 5 nitrogen and oxygen atoms in total. The van der Waals surface area contributed by atoms with Crippen LogP contribution in [0.2, 0.25) is 0 Å². The molecule has 0 N–H and O–H groups in total. The fraction of sp³-hybridized carbons (Fsp3) is 0.429. The van der Waals surface area contributed by atoms with Gasteiger partial charge in [0.2, 0.25) is 0 Å². The molecule has 2 aromatic rings. The fourth-order valence-electron chi connectivity index (χ4n) is 1.87. The lowest BCUT2D eigenvalue weighted by atomic mass is 10.1. The summed E-state index contributed by atoms with van der Waals surface area (Å²) in [6.45, 7) is 1.93. The van der Waals surface area contributed by atoms with Gasteiger partial charge < -0.3 is 9.64 Å². The summed E-state index contributed by atoms with van der Waals surface area (Å²) in [4.78, 5) is 2.17. The molecule has 0 aliphatic rings. The molecule has 2 rings (SSSR count). The topological polar surface area (TPSA) is 43.2 Å². The van der Waals surface area contributed by atoms with E-state index < -0.39 is 0 Å². The Morgan fingerprint density at radius 1 is 1.32 bits per heavy atom. The van der Waals surface area contributed by atoms with Gasteiger partial charge in [0.25, 0.3) is 0 Å². The number of hydrogen-bond acceptors (Lipinski definition) is 4. The van der Waals surface area contributed by atoms with Gasteiger partial charge >= 0.3 is 0 Å². The molecule has 0 bridgehead atoms. The monoisotopic (exact) mass is 260 g/mol. The van der Waals surface area contributed by atoms with E-state index >= 15 is 0 Å². The molecule has 19 heavy (non-hydrogen) atoms. The number of benzene rings is 1. The Bertz CT molecular complexity index is 522. The van der Waals surface area contributed by atoms with Crippen molar-refractivity contribution in [3.05, 3.63) is 30.5 Å². The number of aromatic nitrogens is 3. The van der Waals surface area contributed by atoms with Crippen LogP contribution < -0.4 is 4.74 Å². The summed E-state index contributed by atoms with van der Waals surface area (Å²) < 4.78 is 7.10. The number of methoxy groups -OCH3 is 1. The molecule has 0 unspecified atom stereocenters. The summed E-state index contributed by atoms with van der Waals surface area (Å²) in [5.74, 6) is 0.833. The van der Waals surface area contributed by atoms with Gasteiger partial charge in [0.15, 0.2) is 0 Å². The molecule has 5 heteroatoms. The van der Waals surface area contributed by atoms with Crippen LogP contribution in [0.15, 0.2) is 30.5 Å². The first-order valence-corrected chi connectivity index (χ1v) is 6.38. The summed E-state index contributed by atoms with van der Waals surface area (Å²) in [7, 11) is 5.81. The van der Waals surface area contributed by atoms with E-state index in [0.717, 1.165) is 36.5 Å². The molecular formula is C14H20N4O. The van der Waals surface area contributed by atoms with E-state index in [-0.39, 0.29) is 0 Å². The molecule has 0 saturated carbocycles. The number of rotatable bonds is 6. The minimum atomic E-state index is 0.833. The van der Waals surface area contributed by atoms with Gasteiger partial charge in [-0.2, -0.15) is 0 Å². The van der Waals surface area contributed by atoms with Gasteiger partial charge in [0.05, 0.1) is 13.3 Å². The predicted octanol–water partition coefficient (Wildman–Crippen LogP) is 1.91. The number of nitrogens with zero attached hydrogens (tertiary/aromatic N) is 4. The van der Waals surface area contributed by atoms with Crippen molar-refractivity contribution < 1.29 is 4.74 Å². The van der Waals surface area contributed by atoms with E-state index in [0.29, 0.717) is 0 Å². The second-order valence-corrected chi connectivity index (χ2v) is 4.76. The summed E-state index contributed by atoms with van der Waals surface area (Å²) in [5, 5.41) is 8.36. The zero-order chi connectivity index (χ0) is 13.7. The minimum absolute atomic E-state index is 0.833. The molecule has 1 aromatic heterocycles. The Morgan fingerprint density at radius 3 is 2.89 bits per heavy atom. The van der Waals surface area contributed by atoms with Crippen LogP contribution in [0.5, 0.6) is 5.75 Å². The smallest absolute Gasteiger partial charge is 0.119 e. The first kappa shape index (κ1) is 13.5. The summed E-state index contributed by atoms with van der Waals surface area (Å²) >= 11 is 0. The third-order valence-corrected chi connectivity index (χ3v) is 2.90. The molecule has 0 aliphatic carbocycles. The lowest BCUT2D eigenvalue weighted by Crippen LogP contribution is -2.15. The van der Waals surface area contributed by atoms with E-state index in [1.54, 1.807) is 7.11 Å². The molecule has 0 saturated heterocycles. The van der Waals surface area contributed by atoms with Crippen LogP contribution in [0.3, 0.4) is 0 Å². The van der Waals surface area contributed by atoms with Gasteiger partial charge in [-0.25, -0.2) is 0 Å². The van der Waals surface area contributed by atoms with Crippen molar-refractivity contribution in [2.45, 2.75) is 13.0 Å². The van der Waals surface area contributed by atoms with Crippen LogP contribution in [-0.4, -0.2) is 47.6 Å². The number of ether oxygens (including phenoxy) is 1. The van der Waals surface area contributed by atoms with Crippen molar-refractivity contribution >= 4 is 0 Å². The third kappa shape index (κ3) is 3.79. The van der Waals surface area contributed by atoms with Gasteiger partial charge in [0, 0.05) is 12.1 Å². The molecule has 1 heterocycles. The van der Waals surface area contributed by atoms with E-state index in [1.807, 2.05) is 35.1 Å². The zero-order valence-electron chi connectivity index (χ0n) is 11.7. The summed E-state index contributed by atoms with van der Waals surface area (Å²) in [5.41, 5.74) is 1.90. The normalized spacial score (nSPS) is 10.9. The second-order valence-electron chi connectivity index (χ2n) is 4.76. The Hall–Kier alpha value is -1.88. The average Bonchev–Trinajstić information content (AvgIpc) is 2.87. The molecule has 0 fully saturated rings. The molecule has 0 atom stereocenters. The van der Waals surface area contributed by atoms with E-state index in [2.05, 4.69) is 29.3 Å². The SMILES string of the molecule is COc1cccc(-c2cn(CCCN(C)C)nn2)c1. The van der Waals surface area contributed by atoms with Crippen LogP contribution in [0.1, 0.15) is 6.42 Å². The van der Waals surface area contributed by atoms with Crippen LogP contribution >= 0.6 is 0 Å². The Kier molecular flexibility index (Phi) is 4.52. The van der Waals surface area contributed by atoms with Crippen molar-refractivity contribution in [2.75, 3.05) is 27.7 Å². The van der Waals surface area contributed by atoms with E-state index in [9.17, 15) is 0 Å². The standard InChI is InChI=1S/C14H20N4O/c1-17(2)8-5-9-18-11-14(15-16-18)12-6-4-7-13(10-12)19-3/h4,6-7,10-11H,5,8-9H2,1-3H3. The lowest BCUT2D eigenvalue weighted by molar-refractivity contribution is 0.379. The van der Waals surface area contributed by atoms with E-state index in [1.165, 1.54) is 0 Å². The Labute approximate surface area is 113 Å². The van der Waals surface area contributed by atoms with Gasteiger partial charge in [0.1, 0.15) is 11.4 Å². The van der Waals surface area contributed by atoms with Gasteiger partial charge in [-0.1, -0.05) is 17.3 Å². The Balaban J connectivity index is 2.03. The van der Waals surface area contributed by atoms with Crippen molar-refractivity contribution in [3.63, 3.8) is 0 Å².